The smallest absolute Gasteiger partial charge is 0.295 e. The number of rotatable bonds is 8. The number of hydrogen-bond acceptors (Lipinski definition) is 7. The highest BCUT2D eigenvalue weighted by Gasteiger charge is 2.21. The maximum absolute atomic E-state index is 12.6. The standard InChI is InChI=1S/C18H17N5O5S/c1-28-15-6-4-13(5-7-15)22-29(26,27)16-8-9-17(18(11-16)23(24)25)21-20-12-14-3-2-10-19-14/h2-12,19,21-22H,1H3/b20-12+. The van der Waals surface area contributed by atoms with E-state index in [1.165, 1.54) is 37.6 Å². The Morgan fingerprint density at radius 2 is 1.93 bits per heavy atom. The van der Waals surface area contributed by atoms with Gasteiger partial charge >= 0.3 is 0 Å². The number of nitrogens with zero attached hydrogens (tertiary/aromatic N) is 2. The lowest BCUT2D eigenvalue weighted by Gasteiger charge is -2.10. The van der Waals surface area contributed by atoms with Gasteiger partial charge in [-0.15, -0.1) is 0 Å². The van der Waals surface area contributed by atoms with Gasteiger partial charge in [0.25, 0.3) is 15.7 Å². The topological polar surface area (TPSA) is 139 Å². The van der Waals surface area contributed by atoms with E-state index < -0.39 is 20.6 Å². The molecule has 0 spiro atoms. The van der Waals surface area contributed by atoms with Crippen molar-refractivity contribution in [1.29, 1.82) is 0 Å². The predicted molar refractivity (Wildman–Crippen MR) is 109 cm³/mol. The van der Waals surface area contributed by atoms with Crippen LogP contribution in [0.5, 0.6) is 5.75 Å². The maximum atomic E-state index is 12.6. The average molecular weight is 415 g/mol. The molecule has 150 valence electrons. The number of benzene rings is 2. The lowest BCUT2D eigenvalue weighted by Crippen LogP contribution is -2.13. The molecule has 0 fully saturated rings. The first-order chi connectivity index (χ1) is 13.9. The van der Waals surface area contributed by atoms with Gasteiger partial charge in [-0.25, -0.2) is 8.42 Å². The number of H-pyrrole nitrogens is 1. The van der Waals surface area contributed by atoms with Crippen LogP contribution >= 0.6 is 0 Å². The van der Waals surface area contributed by atoms with Crippen molar-refractivity contribution >= 4 is 33.3 Å². The van der Waals surface area contributed by atoms with E-state index in [2.05, 4.69) is 20.2 Å². The minimum Gasteiger partial charge on any atom is -0.497 e. The fourth-order valence-electron chi connectivity index (χ4n) is 2.39. The number of nitro benzene ring substituents is 1. The third-order valence-electron chi connectivity index (χ3n) is 3.83. The van der Waals surface area contributed by atoms with Gasteiger partial charge in [0.15, 0.2) is 0 Å². The number of nitrogens with one attached hydrogen (secondary N) is 3. The molecule has 1 heterocycles. The van der Waals surface area contributed by atoms with Gasteiger partial charge in [-0.2, -0.15) is 5.10 Å². The minimum absolute atomic E-state index is 0.0567. The Morgan fingerprint density at radius 1 is 1.17 bits per heavy atom. The summed E-state index contributed by atoms with van der Waals surface area (Å²) in [5.41, 5.74) is 3.18. The van der Waals surface area contributed by atoms with E-state index >= 15 is 0 Å². The molecule has 1 aromatic heterocycles. The zero-order valence-electron chi connectivity index (χ0n) is 15.2. The van der Waals surface area contributed by atoms with E-state index in [1.807, 2.05) is 0 Å². The number of sulfonamides is 1. The summed E-state index contributed by atoms with van der Waals surface area (Å²) >= 11 is 0. The largest absolute Gasteiger partial charge is 0.497 e. The number of aromatic nitrogens is 1. The Bertz CT molecular complexity index is 1130. The van der Waals surface area contributed by atoms with Crippen molar-refractivity contribution in [3.05, 3.63) is 76.6 Å². The summed E-state index contributed by atoms with van der Waals surface area (Å²) in [7, 11) is -2.53. The highest BCUT2D eigenvalue weighted by atomic mass is 32.2. The van der Waals surface area contributed by atoms with Crippen molar-refractivity contribution in [3.63, 3.8) is 0 Å². The summed E-state index contributed by atoms with van der Waals surface area (Å²) in [5, 5.41) is 15.3. The Kier molecular flexibility index (Phi) is 5.79. The van der Waals surface area contributed by atoms with Crippen LogP contribution < -0.4 is 14.9 Å². The molecule has 0 radical (unpaired) electrons. The highest BCUT2D eigenvalue weighted by molar-refractivity contribution is 7.92. The second-order valence-corrected chi connectivity index (χ2v) is 7.45. The van der Waals surface area contributed by atoms with Crippen LogP contribution in [0, 0.1) is 10.1 Å². The molecule has 3 N–H and O–H groups in total. The van der Waals surface area contributed by atoms with E-state index in [0.29, 0.717) is 17.1 Å². The number of methoxy groups -OCH3 is 1. The fourth-order valence-corrected chi connectivity index (χ4v) is 3.47. The van der Waals surface area contributed by atoms with Crippen molar-refractivity contribution in [3.8, 4) is 5.75 Å². The van der Waals surface area contributed by atoms with Gasteiger partial charge in [0.05, 0.1) is 28.8 Å². The number of hydrogen-bond donors (Lipinski definition) is 3. The Balaban J connectivity index is 1.83. The molecule has 0 aliphatic heterocycles. The lowest BCUT2D eigenvalue weighted by atomic mass is 10.3. The summed E-state index contributed by atoms with van der Waals surface area (Å²) in [6.07, 6.45) is 3.15. The normalized spacial score (nSPS) is 11.3. The van der Waals surface area contributed by atoms with E-state index in [1.54, 1.807) is 30.5 Å². The van der Waals surface area contributed by atoms with Crippen LogP contribution in [0.1, 0.15) is 5.69 Å². The van der Waals surface area contributed by atoms with Crippen LogP contribution in [0.3, 0.4) is 0 Å². The van der Waals surface area contributed by atoms with Crippen LogP contribution in [-0.4, -0.2) is 31.6 Å². The molecule has 3 aromatic rings. The minimum atomic E-state index is -4.03. The summed E-state index contributed by atoms with van der Waals surface area (Å²) in [5.74, 6) is 0.568. The van der Waals surface area contributed by atoms with E-state index in [4.69, 9.17) is 4.74 Å². The van der Waals surface area contributed by atoms with Gasteiger partial charge in [-0.3, -0.25) is 20.3 Å². The molecule has 0 saturated heterocycles. The Morgan fingerprint density at radius 3 is 2.55 bits per heavy atom. The number of hydrazone groups is 1. The van der Waals surface area contributed by atoms with Crippen LogP contribution in [0.25, 0.3) is 0 Å². The predicted octanol–water partition coefficient (Wildman–Crippen LogP) is 3.18. The first-order valence-corrected chi connectivity index (χ1v) is 9.75. The quantitative estimate of drug-likeness (QED) is 0.293. The van der Waals surface area contributed by atoms with Crippen molar-refractivity contribution in [2.45, 2.75) is 4.90 Å². The van der Waals surface area contributed by atoms with Crippen LogP contribution in [-0.2, 0) is 10.0 Å². The van der Waals surface area contributed by atoms with E-state index in [-0.39, 0.29) is 10.6 Å². The molecule has 2 aromatic carbocycles. The van der Waals surface area contributed by atoms with Crippen LogP contribution in [0.2, 0.25) is 0 Å². The fraction of sp³-hybridized carbons (Fsp3) is 0.0556. The second kappa shape index (κ2) is 8.44. The van der Waals surface area contributed by atoms with Gasteiger partial charge in [0.1, 0.15) is 11.4 Å². The second-order valence-electron chi connectivity index (χ2n) is 5.77. The summed E-state index contributed by atoms with van der Waals surface area (Å²) in [6.45, 7) is 0. The number of nitro groups is 1. The number of anilines is 2. The average Bonchev–Trinajstić information content (AvgIpc) is 3.22. The Hall–Kier alpha value is -3.86. The lowest BCUT2D eigenvalue weighted by molar-refractivity contribution is -0.384. The van der Waals surface area contributed by atoms with Gasteiger partial charge in [0, 0.05) is 18.0 Å². The third-order valence-corrected chi connectivity index (χ3v) is 5.21. The van der Waals surface area contributed by atoms with Crippen LogP contribution in [0.4, 0.5) is 17.1 Å². The summed E-state index contributed by atoms with van der Waals surface area (Å²) in [6, 6.07) is 13.3. The van der Waals surface area contributed by atoms with Crippen LogP contribution in [0.15, 0.2) is 70.8 Å². The molecule has 0 aliphatic carbocycles. The molecule has 29 heavy (non-hydrogen) atoms. The molecule has 0 aliphatic rings. The molecule has 0 atom stereocenters. The molecule has 0 unspecified atom stereocenters. The van der Waals surface area contributed by atoms with Crippen molar-refractivity contribution in [1.82, 2.24) is 4.98 Å². The van der Waals surface area contributed by atoms with Crippen molar-refractivity contribution in [2.75, 3.05) is 17.3 Å². The molecule has 0 amide bonds. The van der Waals surface area contributed by atoms with Crippen molar-refractivity contribution in [2.24, 2.45) is 5.10 Å². The van der Waals surface area contributed by atoms with E-state index in [9.17, 15) is 18.5 Å². The zero-order valence-corrected chi connectivity index (χ0v) is 16.0. The Labute approximate surface area is 166 Å². The van der Waals surface area contributed by atoms with E-state index in [0.717, 1.165) is 6.07 Å². The molecule has 11 heteroatoms. The highest BCUT2D eigenvalue weighted by Crippen LogP contribution is 2.29. The van der Waals surface area contributed by atoms with Gasteiger partial charge in [0.2, 0.25) is 0 Å². The molecular formula is C18H17N5O5S. The molecular weight excluding hydrogens is 398 g/mol. The molecule has 0 saturated carbocycles. The first-order valence-electron chi connectivity index (χ1n) is 8.27. The maximum Gasteiger partial charge on any atom is 0.295 e. The zero-order chi connectivity index (χ0) is 20.9. The molecule has 3 rings (SSSR count). The SMILES string of the molecule is COc1ccc(NS(=O)(=O)c2ccc(N/N=C/c3ccc[nH]3)c([N+](=O)[O-])c2)cc1. The van der Waals surface area contributed by atoms with Gasteiger partial charge in [-0.1, -0.05) is 0 Å². The number of aromatic amines is 1. The monoisotopic (exact) mass is 415 g/mol. The van der Waals surface area contributed by atoms with Gasteiger partial charge < -0.3 is 9.72 Å². The third kappa shape index (κ3) is 4.90. The summed E-state index contributed by atoms with van der Waals surface area (Å²) in [4.78, 5) is 13.4. The number of ether oxygens (including phenoxy) is 1. The first kappa shape index (κ1) is 19.9. The molecule has 10 nitrogen and oxygen atoms in total. The van der Waals surface area contributed by atoms with Crippen molar-refractivity contribution < 1.29 is 18.1 Å². The molecule has 0 bridgehead atoms. The van der Waals surface area contributed by atoms with Gasteiger partial charge in [-0.05, 0) is 48.5 Å². The summed E-state index contributed by atoms with van der Waals surface area (Å²) < 4.78 is 32.6.